The van der Waals surface area contributed by atoms with Gasteiger partial charge in [0.1, 0.15) is 5.82 Å². The molecular weight excluding hydrogens is 230 g/mol. The van der Waals surface area contributed by atoms with E-state index in [1.165, 1.54) is 0 Å². The van der Waals surface area contributed by atoms with Gasteiger partial charge in [-0.15, -0.1) is 0 Å². The van der Waals surface area contributed by atoms with E-state index < -0.39 is 5.97 Å². The highest BCUT2D eigenvalue weighted by atomic mass is 16.4. The number of carboxylic acid groups (broad SMARTS) is 1. The Morgan fingerprint density at radius 3 is 2.72 bits per heavy atom. The molecule has 0 aliphatic rings. The second-order valence-corrected chi connectivity index (χ2v) is 4.34. The lowest BCUT2D eigenvalue weighted by Gasteiger charge is -2.06. The van der Waals surface area contributed by atoms with Crippen LogP contribution in [0, 0.1) is 0 Å². The van der Waals surface area contributed by atoms with Crippen molar-refractivity contribution in [3.63, 3.8) is 0 Å². The molecule has 94 valence electrons. The Bertz CT molecular complexity index is 561. The normalized spacial score (nSPS) is 10.6. The third-order valence-electron chi connectivity index (χ3n) is 2.62. The SMILES string of the molecule is CC(C)c1cc(Nc2ccccc2C(=O)O)[nH]n1. The number of carbonyl (C=O) groups is 1. The molecule has 3 N–H and O–H groups in total. The summed E-state index contributed by atoms with van der Waals surface area (Å²) in [6, 6.07) is 8.64. The average molecular weight is 245 g/mol. The van der Waals surface area contributed by atoms with E-state index in [9.17, 15) is 4.79 Å². The van der Waals surface area contributed by atoms with Crippen LogP contribution in [0.25, 0.3) is 0 Å². The minimum absolute atomic E-state index is 0.234. The first-order chi connectivity index (χ1) is 8.58. The van der Waals surface area contributed by atoms with Gasteiger partial charge in [-0.05, 0) is 18.1 Å². The van der Waals surface area contributed by atoms with Crippen LogP contribution < -0.4 is 5.32 Å². The number of para-hydroxylation sites is 1. The molecule has 0 spiro atoms. The van der Waals surface area contributed by atoms with Crippen molar-refractivity contribution in [1.82, 2.24) is 10.2 Å². The molecule has 18 heavy (non-hydrogen) atoms. The summed E-state index contributed by atoms with van der Waals surface area (Å²) < 4.78 is 0. The number of benzene rings is 1. The molecule has 1 heterocycles. The van der Waals surface area contributed by atoms with Crippen molar-refractivity contribution in [3.05, 3.63) is 41.6 Å². The molecule has 0 atom stereocenters. The van der Waals surface area contributed by atoms with Gasteiger partial charge in [0.15, 0.2) is 0 Å². The molecule has 0 amide bonds. The summed E-state index contributed by atoms with van der Waals surface area (Å²) in [7, 11) is 0. The Balaban J connectivity index is 2.25. The van der Waals surface area contributed by atoms with Crippen LogP contribution in [0.3, 0.4) is 0 Å². The number of rotatable bonds is 4. The third-order valence-corrected chi connectivity index (χ3v) is 2.62. The molecular formula is C13H15N3O2. The van der Waals surface area contributed by atoms with Crippen molar-refractivity contribution >= 4 is 17.5 Å². The molecule has 2 aromatic rings. The van der Waals surface area contributed by atoms with Gasteiger partial charge in [-0.3, -0.25) is 5.10 Å². The maximum atomic E-state index is 11.1. The van der Waals surface area contributed by atoms with Crippen LogP contribution in [0.1, 0.15) is 35.8 Å². The smallest absolute Gasteiger partial charge is 0.337 e. The number of nitrogens with one attached hydrogen (secondary N) is 2. The van der Waals surface area contributed by atoms with Crippen LogP contribution in [0.5, 0.6) is 0 Å². The fourth-order valence-electron chi connectivity index (χ4n) is 1.62. The molecule has 1 aromatic heterocycles. The fourth-order valence-corrected chi connectivity index (χ4v) is 1.62. The number of aromatic amines is 1. The van der Waals surface area contributed by atoms with Crippen molar-refractivity contribution in [3.8, 4) is 0 Å². The largest absolute Gasteiger partial charge is 0.478 e. The molecule has 0 aliphatic carbocycles. The summed E-state index contributed by atoms with van der Waals surface area (Å²) >= 11 is 0. The number of nitrogens with zero attached hydrogens (tertiary/aromatic N) is 1. The maximum absolute atomic E-state index is 11.1. The third kappa shape index (κ3) is 2.51. The van der Waals surface area contributed by atoms with E-state index in [2.05, 4.69) is 15.5 Å². The lowest BCUT2D eigenvalue weighted by Crippen LogP contribution is -2.02. The van der Waals surface area contributed by atoms with Crippen LogP contribution in [0.2, 0.25) is 0 Å². The van der Waals surface area contributed by atoms with Gasteiger partial charge < -0.3 is 10.4 Å². The highest BCUT2D eigenvalue weighted by Crippen LogP contribution is 2.21. The van der Waals surface area contributed by atoms with Crippen molar-refractivity contribution < 1.29 is 9.90 Å². The van der Waals surface area contributed by atoms with Crippen molar-refractivity contribution in [2.45, 2.75) is 19.8 Å². The summed E-state index contributed by atoms with van der Waals surface area (Å²) in [4.78, 5) is 11.1. The van der Waals surface area contributed by atoms with E-state index >= 15 is 0 Å². The van der Waals surface area contributed by atoms with Crippen molar-refractivity contribution in [1.29, 1.82) is 0 Å². The van der Waals surface area contributed by atoms with Gasteiger partial charge in [0.05, 0.1) is 16.9 Å². The van der Waals surface area contributed by atoms with Gasteiger partial charge in [0.25, 0.3) is 0 Å². The standard InChI is InChI=1S/C13H15N3O2/c1-8(2)11-7-12(16-15-11)14-10-6-4-3-5-9(10)13(17)18/h3-8H,1-2H3,(H,17,18)(H2,14,15,16). The predicted molar refractivity (Wildman–Crippen MR) is 69.4 cm³/mol. The van der Waals surface area contributed by atoms with Crippen LogP contribution in [0.15, 0.2) is 30.3 Å². The average Bonchev–Trinajstić information content (AvgIpc) is 2.78. The minimum atomic E-state index is -0.957. The number of hydrogen-bond acceptors (Lipinski definition) is 3. The van der Waals surface area contributed by atoms with Crippen LogP contribution in [0.4, 0.5) is 11.5 Å². The van der Waals surface area contributed by atoms with E-state index in [0.717, 1.165) is 5.69 Å². The molecule has 0 saturated carbocycles. The molecule has 0 fully saturated rings. The first kappa shape index (κ1) is 12.2. The highest BCUT2D eigenvalue weighted by Gasteiger charge is 2.10. The number of hydrogen-bond donors (Lipinski definition) is 3. The van der Waals surface area contributed by atoms with Crippen LogP contribution in [-0.2, 0) is 0 Å². The molecule has 5 heteroatoms. The zero-order chi connectivity index (χ0) is 13.1. The van der Waals surface area contributed by atoms with E-state index in [4.69, 9.17) is 5.11 Å². The van der Waals surface area contributed by atoms with Crippen LogP contribution in [-0.4, -0.2) is 21.3 Å². The molecule has 1 aromatic carbocycles. The molecule has 0 saturated heterocycles. The van der Waals surface area contributed by atoms with E-state index in [1.807, 2.05) is 19.9 Å². The van der Waals surface area contributed by atoms with Crippen molar-refractivity contribution in [2.24, 2.45) is 0 Å². The van der Waals surface area contributed by atoms with Gasteiger partial charge in [-0.2, -0.15) is 5.10 Å². The van der Waals surface area contributed by atoms with Gasteiger partial charge >= 0.3 is 5.97 Å². The van der Waals surface area contributed by atoms with Gasteiger partial charge in [-0.25, -0.2) is 4.79 Å². The van der Waals surface area contributed by atoms with Gasteiger partial charge in [-0.1, -0.05) is 26.0 Å². The zero-order valence-corrected chi connectivity index (χ0v) is 10.3. The lowest BCUT2D eigenvalue weighted by atomic mass is 10.1. The van der Waals surface area contributed by atoms with Gasteiger partial charge in [0.2, 0.25) is 0 Å². The highest BCUT2D eigenvalue weighted by molar-refractivity contribution is 5.94. The molecule has 5 nitrogen and oxygen atoms in total. The second kappa shape index (κ2) is 4.91. The minimum Gasteiger partial charge on any atom is -0.478 e. The topological polar surface area (TPSA) is 78.0 Å². The predicted octanol–water partition coefficient (Wildman–Crippen LogP) is 2.97. The monoisotopic (exact) mass is 245 g/mol. The molecule has 0 radical (unpaired) electrons. The Kier molecular flexibility index (Phi) is 3.32. The van der Waals surface area contributed by atoms with E-state index in [0.29, 0.717) is 17.4 Å². The first-order valence-corrected chi connectivity index (χ1v) is 5.72. The number of carboxylic acids is 1. The number of H-pyrrole nitrogens is 1. The summed E-state index contributed by atoms with van der Waals surface area (Å²) in [5, 5.41) is 19.1. The quantitative estimate of drug-likeness (QED) is 0.773. The molecule has 0 unspecified atom stereocenters. The summed E-state index contributed by atoms with van der Waals surface area (Å²) in [5.41, 5.74) is 1.72. The Morgan fingerprint density at radius 1 is 1.39 bits per heavy atom. The zero-order valence-electron chi connectivity index (χ0n) is 10.3. The summed E-state index contributed by atoms with van der Waals surface area (Å²) in [6.07, 6.45) is 0. The Labute approximate surface area is 105 Å². The second-order valence-electron chi connectivity index (χ2n) is 4.34. The van der Waals surface area contributed by atoms with Crippen LogP contribution >= 0.6 is 0 Å². The summed E-state index contributed by atoms with van der Waals surface area (Å²) in [5.74, 6) is 0.0561. The Morgan fingerprint density at radius 2 is 2.11 bits per heavy atom. The van der Waals surface area contributed by atoms with E-state index in [-0.39, 0.29) is 5.56 Å². The molecule has 0 bridgehead atoms. The number of aromatic carboxylic acids is 1. The van der Waals surface area contributed by atoms with Gasteiger partial charge in [0, 0.05) is 6.07 Å². The molecule has 0 aliphatic heterocycles. The van der Waals surface area contributed by atoms with Crippen molar-refractivity contribution in [2.75, 3.05) is 5.32 Å². The molecule has 2 rings (SSSR count). The first-order valence-electron chi connectivity index (χ1n) is 5.72. The number of aromatic nitrogens is 2. The maximum Gasteiger partial charge on any atom is 0.337 e. The Hall–Kier alpha value is -2.30. The van der Waals surface area contributed by atoms with E-state index in [1.54, 1.807) is 24.3 Å². The number of anilines is 2. The summed E-state index contributed by atoms with van der Waals surface area (Å²) in [6.45, 7) is 4.09. The fraction of sp³-hybridized carbons (Fsp3) is 0.231. The lowest BCUT2D eigenvalue weighted by molar-refractivity contribution is 0.0698.